The van der Waals surface area contributed by atoms with Gasteiger partial charge >= 0.3 is 0 Å². The molecule has 2 heterocycles. The molecule has 0 N–H and O–H groups in total. The molecule has 182 valence electrons. The molecule has 7 heteroatoms. The van der Waals surface area contributed by atoms with Gasteiger partial charge in [-0.3, -0.25) is 9.78 Å². The Hall–Kier alpha value is -2.08. The Labute approximate surface area is 210 Å². The van der Waals surface area contributed by atoms with Crippen LogP contribution in [0.15, 0.2) is 59.7 Å². The summed E-state index contributed by atoms with van der Waals surface area (Å²) < 4.78 is 7.62. The number of aromatic nitrogens is 2. The molecular formula is C26H37Cl2N3O2. The van der Waals surface area contributed by atoms with Crippen LogP contribution < -0.4 is 10.3 Å². The maximum absolute atomic E-state index is 11.7. The normalized spacial score (nSPS) is 10.8. The zero-order valence-electron chi connectivity index (χ0n) is 19.9. The van der Waals surface area contributed by atoms with E-state index >= 15 is 0 Å². The number of pyridine rings is 2. The summed E-state index contributed by atoms with van der Waals surface area (Å²) in [5, 5.41) is 1.03. The Morgan fingerprint density at radius 1 is 1.03 bits per heavy atom. The maximum atomic E-state index is 11.7. The Morgan fingerprint density at radius 2 is 1.85 bits per heavy atom. The molecule has 0 radical (unpaired) electrons. The predicted octanol–water partition coefficient (Wildman–Crippen LogP) is 5.53. The second kappa shape index (κ2) is 14.9. The van der Waals surface area contributed by atoms with E-state index in [1.54, 1.807) is 17.7 Å². The molecule has 0 amide bonds. The lowest BCUT2D eigenvalue weighted by molar-refractivity contribution is 0.236. The van der Waals surface area contributed by atoms with Crippen LogP contribution in [0.25, 0.3) is 10.9 Å². The average molecular weight is 495 g/mol. The Morgan fingerprint density at radius 3 is 2.58 bits per heavy atom. The fraction of sp³-hybridized carbons (Fsp3) is 0.462. The van der Waals surface area contributed by atoms with Crippen molar-refractivity contribution in [2.24, 2.45) is 13.0 Å². The van der Waals surface area contributed by atoms with Crippen molar-refractivity contribution in [3.05, 3.63) is 70.8 Å². The minimum Gasteiger partial charge on any atom is -0.494 e. The first-order valence-corrected chi connectivity index (χ1v) is 11.4. The van der Waals surface area contributed by atoms with Gasteiger partial charge in [-0.25, -0.2) is 0 Å². The van der Waals surface area contributed by atoms with E-state index in [4.69, 9.17) is 4.74 Å². The molecule has 3 rings (SSSR count). The number of fused-ring (bicyclic) bond motifs is 1. The van der Waals surface area contributed by atoms with Crippen molar-refractivity contribution in [1.82, 2.24) is 14.5 Å². The van der Waals surface area contributed by atoms with Crippen LogP contribution in [0.1, 0.15) is 38.7 Å². The number of unbranched alkanes of at least 4 members (excludes halogenated alkanes) is 2. The summed E-state index contributed by atoms with van der Waals surface area (Å²) in [5.41, 5.74) is 2.24. The highest BCUT2D eigenvalue weighted by atomic mass is 35.5. The molecule has 33 heavy (non-hydrogen) atoms. The van der Waals surface area contributed by atoms with E-state index in [9.17, 15) is 4.79 Å². The van der Waals surface area contributed by atoms with Crippen molar-refractivity contribution >= 4 is 35.7 Å². The molecule has 2 aromatic heterocycles. The zero-order valence-corrected chi connectivity index (χ0v) is 21.5. The number of nitrogens with zero attached hydrogens (tertiary/aromatic N) is 3. The number of aryl methyl sites for hydroxylation is 1. The van der Waals surface area contributed by atoms with E-state index in [1.807, 2.05) is 42.7 Å². The molecular weight excluding hydrogens is 457 g/mol. The van der Waals surface area contributed by atoms with Gasteiger partial charge in [0.2, 0.25) is 0 Å². The van der Waals surface area contributed by atoms with Gasteiger partial charge < -0.3 is 14.2 Å². The van der Waals surface area contributed by atoms with Gasteiger partial charge in [0.05, 0.1) is 12.1 Å². The summed E-state index contributed by atoms with van der Waals surface area (Å²) in [4.78, 5) is 18.5. The number of hydrogen-bond acceptors (Lipinski definition) is 4. The Balaban J connectivity index is 0.00000272. The molecule has 0 saturated carbocycles. The Bertz CT molecular complexity index is 1010. The van der Waals surface area contributed by atoms with Crippen LogP contribution in [0.5, 0.6) is 5.75 Å². The van der Waals surface area contributed by atoms with Crippen LogP contribution in [-0.2, 0) is 13.5 Å². The first kappa shape index (κ1) is 29.0. The summed E-state index contributed by atoms with van der Waals surface area (Å²) in [6.07, 6.45) is 8.24. The standard InChI is InChI=1S/C26H35N3O2.2ClH/c1-21(2)20-29(16-13-22-8-7-14-27-19-22)15-5-4-6-17-31-24-10-11-25-23(18-24)9-12-26(30)28(25)3;;/h7-12,14,18-19,21H,4-6,13,15-17,20H2,1-3H3;2*1H. The molecule has 1 aromatic carbocycles. The lowest BCUT2D eigenvalue weighted by Crippen LogP contribution is -2.31. The average Bonchev–Trinajstić information content (AvgIpc) is 2.77. The van der Waals surface area contributed by atoms with Crippen LogP contribution in [0.4, 0.5) is 0 Å². The van der Waals surface area contributed by atoms with E-state index in [2.05, 4.69) is 29.8 Å². The molecule has 0 aliphatic heterocycles. The van der Waals surface area contributed by atoms with Crippen LogP contribution in [-0.4, -0.2) is 40.7 Å². The first-order valence-electron chi connectivity index (χ1n) is 11.4. The van der Waals surface area contributed by atoms with Gasteiger partial charge in [0.1, 0.15) is 5.75 Å². The van der Waals surface area contributed by atoms with E-state index in [1.165, 1.54) is 12.0 Å². The van der Waals surface area contributed by atoms with Crippen molar-refractivity contribution in [2.75, 3.05) is 26.2 Å². The van der Waals surface area contributed by atoms with Crippen molar-refractivity contribution in [3.63, 3.8) is 0 Å². The molecule has 3 aromatic rings. The molecule has 5 nitrogen and oxygen atoms in total. The summed E-state index contributed by atoms with van der Waals surface area (Å²) >= 11 is 0. The van der Waals surface area contributed by atoms with Crippen molar-refractivity contribution < 1.29 is 4.74 Å². The molecule has 0 bridgehead atoms. The summed E-state index contributed by atoms with van der Waals surface area (Å²) in [6.45, 7) is 8.63. The van der Waals surface area contributed by atoms with Gasteiger partial charge in [-0.2, -0.15) is 0 Å². The van der Waals surface area contributed by atoms with Crippen LogP contribution >= 0.6 is 24.8 Å². The van der Waals surface area contributed by atoms with Crippen LogP contribution in [0, 0.1) is 5.92 Å². The highest BCUT2D eigenvalue weighted by Crippen LogP contribution is 2.19. The van der Waals surface area contributed by atoms with Gasteiger partial charge in [0.15, 0.2) is 0 Å². The zero-order chi connectivity index (χ0) is 22.1. The number of ether oxygens (including phenoxy) is 1. The summed E-state index contributed by atoms with van der Waals surface area (Å²) in [5.74, 6) is 1.54. The summed E-state index contributed by atoms with van der Waals surface area (Å²) in [6, 6.07) is 13.5. The highest BCUT2D eigenvalue weighted by Gasteiger charge is 2.08. The topological polar surface area (TPSA) is 47.4 Å². The van der Waals surface area contributed by atoms with Gasteiger partial charge in [0.25, 0.3) is 5.56 Å². The van der Waals surface area contributed by atoms with Gasteiger partial charge in [0, 0.05) is 44.0 Å². The third-order valence-electron chi connectivity index (χ3n) is 5.55. The fourth-order valence-electron chi connectivity index (χ4n) is 3.90. The molecule has 0 aliphatic rings. The molecule has 0 fully saturated rings. The largest absolute Gasteiger partial charge is 0.494 e. The number of hydrogen-bond donors (Lipinski definition) is 0. The first-order chi connectivity index (χ1) is 15.0. The molecule has 0 saturated heterocycles. The number of rotatable bonds is 12. The molecule has 0 atom stereocenters. The second-order valence-corrected chi connectivity index (χ2v) is 8.67. The monoisotopic (exact) mass is 493 g/mol. The van der Waals surface area contributed by atoms with E-state index in [-0.39, 0.29) is 30.4 Å². The third-order valence-corrected chi connectivity index (χ3v) is 5.55. The smallest absolute Gasteiger partial charge is 0.250 e. The van der Waals surface area contributed by atoms with Crippen LogP contribution in [0.3, 0.4) is 0 Å². The second-order valence-electron chi connectivity index (χ2n) is 8.67. The molecule has 0 unspecified atom stereocenters. The highest BCUT2D eigenvalue weighted by molar-refractivity contribution is 5.85. The minimum atomic E-state index is 0. The lowest BCUT2D eigenvalue weighted by atomic mass is 10.1. The van der Waals surface area contributed by atoms with Gasteiger partial charge in [-0.15, -0.1) is 24.8 Å². The maximum Gasteiger partial charge on any atom is 0.250 e. The van der Waals surface area contributed by atoms with Crippen molar-refractivity contribution in [2.45, 2.75) is 39.5 Å². The van der Waals surface area contributed by atoms with E-state index < -0.39 is 0 Å². The minimum absolute atomic E-state index is 0. The van der Waals surface area contributed by atoms with Gasteiger partial charge in [-0.05, 0) is 74.0 Å². The van der Waals surface area contributed by atoms with Crippen LogP contribution in [0.2, 0.25) is 0 Å². The van der Waals surface area contributed by atoms with Gasteiger partial charge in [-0.1, -0.05) is 19.9 Å². The third kappa shape index (κ3) is 9.36. The Kier molecular flexibility index (Phi) is 13.1. The fourth-order valence-corrected chi connectivity index (χ4v) is 3.90. The number of benzene rings is 1. The predicted molar refractivity (Wildman–Crippen MR) is 142 cm³/mol. The van der Waals surface area contributed by atoms with E-state index in [0.717, 1.165) is 62.2 Å². The molecule has 0 aliphatic carbocycles. The van der Waals surface area contributed by atoms with Crippen molar-refractivity contribution in [3.8, 4) is 5.75 Å². The molecule has 0 spiro atoms. The van der Waals surface area contributed by atoms with Crippen molar-refractivity contribution in [1.29, 1.82) is 0 Å². The number of halogens is 2. The summed E-state index contributed by atoms with van der Waals surface area (Å²) in [7, 11) is 1.80. The SMILES string of the molecule is CC(C)CN(CCCCCOc1ccc2c(ccc(=O)n2C)c1)CCc1cccnc1.Cl.Cl. The van der Waals surface area contributed by atoms with E-state index in [0.29, 0.717) is 5.92 Å². The lowest BCUT2D eigenvalue weighted by Gasteiger charge is -2.24. The quantitative estimate of drug-likeness (QED) is 0.311.